The summed E-state index contributed by atoms with van der Waals surface area (Å²) < 4.78 is 0. The van der Waals surface area contributed by atoms with Crippen molar-refractivity contribution in [2.24, 2.45) is 5.92 Å². The summed E-state index contributed by atoms with van der Waals surface area (Å²) in [5.74, 6) is 0.789. The third kappa shape index (κ3) is 3.60. The molecule has 3 heteroatoms. The number of hydrogen-bond acceptors (Lipinski definition) is 2. The van der Waals surface area contributed by atoms with Gasteiger partial charge < -0.3 is 10.2 Å². The van der Waals surface area contributed by atoms with E-state index in [0.717, 1.165) is 19.5 Å². The van der Waals surface area contributed by atoms with E-state index in [1.54, 1.807) is 0 Å². The Morgan fingerprint density at radius 3 is 2.70 bits per heavy atom. The molecular formula is C17H26N2O. The Labute approximate surface area is 122 Å². The van der Waals surface area contributed by atoms with Crippen molar-refractivity contribution in [1.29, 1.82) is 0 Å². The minimum Gasteiger partial charge on any atom is -0.342 e. The monoisotopic (exact) mass is 274 g/mol. The number of likely N-dealkylation sites (tertiary alicyclic amines) is 1. The number of nitrogens with zero attached hydrogens (tertiary/aromatic N) is 1. The highest BCUT2D eigenvalue weighted by molar-refractivity contribution is 5.75. The quantitative estimate of drug-likeness (QED) is 0.915. The zero-order valence-electron chi connectivity index (χ0n) is 12.8. The largest absolute Gasteiger partial charge is 0.342 e. The van der Waals surface area contributed by atoms with Crippen molar-refractivity contribution in [3.8, 4) is 0 Å². The van der Waals surface area contributed by atoms with Crippen LogP contribution in [0.5, 0.6) is 0 Å². The Morgan fingerprint density at radius 2 is 2.10 bits per heavy atom. The maximum absolute atomic E-state index is 11.8. The first-order valence-electron chi connectivity index (χ1n) is 7.70. The summed E-state index contributed by atoms with van der Waals surface area (Å²) in [6, 6.07) is 11.4. The highest BCUT2D eigenvalue weighted by atomic mass is 16.2. The summed E-state index contributed by atoms with van der Waals surface area (Å²) in [5, 5.41) is 3.72. The average Bonchev–Trinajstić information content (AvgIpc) is 2.49. The maximum atomic E-state index is 11.8. The molecule has 20 heavy (non-hydrogen) atoms. The van der Waals surface area contributed by atoms with Gasteiger partial charge in [0.25, 0.3) is 0 Å². The van der Waals surface area contributed by atoms with Gasteiger partial charge in [-0.2, -0.15) is 0 Å². The third-order valence-electron chi connectivity index (χ3n) is 4.32. The molecule has 1 aliphatic heterocycles. The van der Waals surface area contributed by atoms with Gasteiger partial charge in [0.2, 0.25) is 5.91 Å². The van der Waals surface area contributed by atoms with Crippen LogP contribution in [-0.4, -0.2) is 29.9 Å². The normalized spacial score (nSPS) is 24.4. The van der Waals surface area contributed by atoms with Crippen molar-refractivity contribution >= 4 is 5.91 Å². The van der Waals surface area contributed by atoms with Gasteiger partial charge in [0, 0.05) is 31.6 Å². The minimum absolute atomic E-state index is 0.284. The van der Waals surface area contributed by atoms with Gasteiger partial charge in [-0.1, -0.05) is 44.2 Å². The minimum atomic E-state index is 0.284. The zero-order chi connectivity index (χ0) is 14.5. The lowest BCUT2D eigenvalue weighted by Crippen LogP contribution is -2.50. The number of rotatable bonds is 4. The number of amides is 1. The zero-order valence-corrected chi connectivity index (χ0v) is 12.8. The van der Waals surface area contributed by atoms with Gasteiger partial charge in [-0.3, -0.25) is 4.79 Å². The molecule has 1 aromatic rings. The molecule has 0 bridgehead atoms. The molecule has 0 unspecified atom stereocenters. The second-order valence-electron chi connectivity index (χ2n) is 5.86. The number of benzene rings is 1. The molecule has 1 amide bonds. The summed E-state index contributed by atoms with van der Waals surface area (Å²) in [5.41, 5.74) is 1.33. The number of nitrogens with one attached hydrogen (secondary N) is 1. The summed E-state index contributed by atoms with van der Waals surface area (Å²) >= 11 is 0. The Morgan fingerprint density at radius 1 is 1.40 bits per heavy atom. The van der Waals surface area contributed by atoms with E-state index < -0.39 is 0 Å². The van der Waals surface area contributed by atoms with E-state index in [0.29, 0.717) is 24.4 Å². The summed E-state index contributed by atoms with van der Waals surface area (Å²) in [6.07, 6.45) is 1.66. The standard InChI is InChI=1S/C17H26N2O/c1-4-17(20)19-11-10-16(13(2)12-19)18-14(3)15-8-6-5-7-9-15/h5-9,13-14,16,18H,4,10-12H2,1-3H3/t13-,14+,16-/m0/s1. The van der Waals surface area contributed by atoms with Crippen molar-refractivity contribution in [1.82, 2.24) is 10.2 Å². The van der Waals surface area contributed by atoms with Crippen LogP contribution in [0.1, 0.15) is 45.2 Å². The molecule has 1 heterocycles. The molecule has 3 atom stereocenters. The number of hydrogen-bond donors (Lipinski definition) is 1. The van der Waals surface area contributed by atoms with Crippen LogP contribution in [-0.2, 0) is 4.79 Å². The molecule has 0 aliphatic carbocycles. The van der Waals surface area contributed by atoms with E-state index in [-0.39, 0.29) is 5.91 Å². The summed E-state index contributed by atoms with van der Waals surface area (Å²) in [4.78, 5) is 13.8. The average molecular weight is 274 g/mol. The molecule has 0 saturated carbocycles. The van der Waals surface area contributed by atoms with E-state index in [1.807, 2.05) is 17.9 Å². The predicted molar refractivity (Wildman–Crippen MR) is 82.4 cm³/mol. The fourth-order valence-corrected chi connectivity index (χ4v) is 3.00. The molecule has 1 fully saturated rings. The Bertz CT molecular complexity index is 432. The Balaban J connectivity index is 1.90. The predicted octanol–water partition coefficient (Wildman–Crippen LogP) is 2.98. The lowest BCUT2D eigenvalue weighted by atomic mass is 9.92. The first-order valence-corrected chi connectivity index (χ1v) is 7.70. The maximum Gasteiger partial charge on any atom is 0.222 e. The van der Waals surface area contributed by atoms with E-state index >= 15 is 0 Å². The van der Waals surface area contributed by atoms with Gasteiger partial charge in [-0.25, -0.2) is 0 Å². The van der Waals surface area contributed by atoms with Crippen molar-refractivity contribution in [3.05, 3.63) is 35.9 Å². The van der Waals surface area contributed by atoms with E-state index in [9.17, 15) is 4.79 Å². The van der Waals surface area contributed by atoms with Gasteiger partial charge in [0.15, 0.2) is 0 Å². The van der Waals surface area contributed by atoms with Crippen LogP contribution in [0, 0.1) is 5.92 Å². The SMILES string of the molecule is CCC(=O)N1CC[C@H](N[C@H](C)c2ccccc2)[C@@H](C)C1. The van der Waals surface area contributed by atoms with Crippen molar-refractivity contribution < 1.29 is 4.79 Å². The van der Waals surface area contributed by atoms with Gasteiger partial charge in [0.1, 0.15) is 0 Å². The second-order valence-corrected chi connectivity index (χ2v) is 5.86. The number of carbonyl (C=O) groups is 1. The van der Waals surface area contributed by atoms with Crippen molar-refractivity contribution in [2.75, 3.05) is 13.1 Å². The molecule has 1 N–H and O–H groups in total. The Kier molecular flexibility index (Phi) is 5.18. The molecular weight excluding hydrogens is 248 g/mol. The molecule has 0 aromatic heterocycles. The number of piperidine rings is 1. The van der Waals surface area contributed by atoms with E-state index in [1.165, 1.54) is 5.56 Å². The topological polar surface area (TPSA) is 32.3 Å². The summed E-state index contributed by atoms with van der Waals surface area (Å²) in [7, 11) is 0. The van der Waals surface area contributed by atoms with Crippen LogP contribution >= 0.6 is 0 Å². The molecule has 3 nitrogen and oxygen atoms in total. The van der Waals surface area contributed by atoms with Crippen LogP contribution in [0.15, 0.2) is 30.3 Å². The van der Waals surface area contributed by atoms with Gasteiger partial charge in [-0.05, 0) is 24.8 Å². The molecule has 2 rings (SSSR count). The molecule has 0 spiro atoms. The molecule has 1 aliphatic rings. The lowest BCUT2D eigenvalue weighted by Gasteiger charge is -2.38. The Hall–Kier alpha value is -1.35. The third-order valence-corrected chi connectivity index (χ3v) is 4.32. The van der Waals surface area contributed by atoms with Crippen LogP contribution in [0.2, 0.25) is 0 Å². The number of carbonyl (C=O) groups excluding carboxylic acids is 1. The van der Waals surface area contributed by atoms with E-state index in [4.69, 9.17) is 0 Å². The summed E-state index contributed by atoms with van der Waals surface area (Å²) in [6.45, 7) is 8.16. The molecule has 110 valence electrons. The van der Waals surface area contributed by atoms with Gasteiger partial charge >= 0.3 is 0 Å². The van der Waals surface area contributed by atoms with Crippen molar-refractivity contribution in [3.63, 3.8) is 0 Å². The molecule has 1 saturated heterocycles. The van der Waals surface area contributed by atoms with Crippen molar-refractivity contribution in [2.45, 2.75) is 45.7 Å². The fourth-order valence-electron chi connectivity index (χ4n) is 3.00. The van der Waals surface area contributed by atoms with E-state index in [2.05, 4.69) is 43.4 Å². The highest BCUT2D eigenvalue weighted by Gasteiger charge is 2.28. The second kappa shape index (κ2) is 6.89. The van der Waals surface area contributed by atoms with Gasteiger partial charge in [0.05, 0.1) is 0 Å². The lowest BCUT2D eigenvalue weighted by molar-refractivity contribution is -0.132. The van der Waals surface area contributed by atoms with Crippen LogP contribution in [0.4, 0.5) is 0 Å². The first kappa shape index (κ1) is 15.0. The smallest absolute Gasteiger partial charge is 0.222 e. The molecule has 1 aromatic carbocycles. The molecule has 0 radical (unpaired) electrons. The fraction of sp³-hybridized carbons (Fsp3) is 0.588. The van der Waals surface area contributed by atoms with Crippen LogP contribution < -0.4 is 5.32 Å². The first-order chi connectivity index (χ1) is 9.61. The highest BCUT2D eigenvalue weighted by Crippen LogP contribution is 2.21. The van der Waals surface area contributed by atoms with Crippen LogP contribution in [0.25, 0.3) is 0 Å². The van der Waals surface area contributed by atoms with Gasteiger partial charge in [-0.15, -0.1) is 0 Å². The van der Waals surface area contributed by atoms with Crippen LogP contribution in [0.3, 0.4) is 0 Å².